The first-order chi connectivity index (χ1) is 35.1. The van der Waals surface area contributed by atoms with Crippen LogP contribution in [0.25, 0.3) is 44.3 Å². The monoisotopic (exact) mass is 1000 g/mol. The molecule has 0 saturated carbocycles. The fraction of sp³-hybridized carbons (Fsp3) is 0.245. The van der Waals surface area contributed by atoms with Crippen LogP contribution in [0.3, 0.4) is 0 Å². The highest BCUT2D eigenvalue weighted by Crippen LogP contribution is 2.34. The third kappa shape index (κ3) is 12.2. The number of aromatic nitrogens is 8. The van der Waals surface area contributed by atoms with Gasteiger partial charge in [0.1, 0.15) is 11.6 Å². The molecule has 2 fully saturated rings. The van der Waals surface area contributed by atoms with E-state index >= 15 is 0 Å². The molecule has 2 amide bonds. The van der Waals surface area contributed by atoms with Crippen molar-refractivity contribution in [2.45, 2.75) is 37.8 Å². The fourth-order valence-electron chi connectivity index (χ4n) is 8.80. The molecule has 8 aromatic rings. The molecule has 17 nitrogen and oxygen atoms in total. The molecule has 2 aliphatic heterocycles. The van der Waals surface area contributed by atoms with Crippen molar-refractivity contribution in [1.82, 2.24) is 44.8 Å². The topological polar surface area (TPSA) is 201 Å². The molecule has 0 spiro atoms. The van der Waals surface area contributed by atoms with Crippen LogP contribution in [0.5, 0.6) is 0 Å². The van der Waals surface area contributed by atoms with Gasteiger partial charge in [0.25, 0.3) is 0 Å². The summed E-state index contributed by atoms with van der Waals surface area (Å²) < 4.78 is 0. The average molecular weight is 1010 g/mol. The van der Waals surface area contributed by atoms with Crippen LogP contribution >= 0.6 is 23.2 Å². The zero-order valence-corrected chi connectivity index (χ0v) is 41.5. The number of amides is 2. The van der Waals surface area contributed by atoms with Gasteiger partial charge < -0.3 is 45.9 Å². The molecule has 72 heavy (non-hydrogen) atoms. The second kappa shape index (κ2) is 22.9. The van der Waals surface area contributed by atoms with E-state index in [1.165, 1.54) is 12.2 Å². The smallest absolute Gasteiger partial charge is 0.248 e. The Labute approximate surface area is 427 Å². The van der Waals surface area contributed by atoms with Crippen molar-refractivity contribution in [2.75, 3.05) is 77.9 Å². The third-order valence-corrected chi connectivity index (χ3v) is 12.8. The van der Waals surface area contributed by atoms with Crippen molar-refractivity contribution >= 4 is 91.7 Å². The third-order valence-electron chi connectivity index (χ3n) is 12.3. The molecule has 0 radical (unpaired) electrons. The highest BCUT2D eigenvalue weighted by Gasteiger charge is 2.24. The number of anilines is 6. The van der Waals surface area contributed by atoms with Gasteiger partial charge in [-0.15, -0.1) is 0 Å². The van der Waals surface area contributed by atoms with Gasteiger partial charge in [-0.05, 0) is 82.3 Å². The van der Waals surface area contributed by atoms with Crippen LogP contribution in [0.15, 0.2) is 135 Å². The van der Waals surface area contributed by atoms with Crippen molar-refractivity contribution in [3.63, 3.8) is 0 Å². The number of piperidine rings is 2. The molecule has 0 bridgehead atoms. The van der Waals surface area contributed by atoms with Crippen molar-refractivity contribution < 1.29 is 9.59 Å². The maximum absolute atomic E-state index is 12.1. The van der Waals surface area contributed by atoms with Gasteiger partial charge in [-0.1, -0.05) is 72.3 Å². The normalized spacial score (nSPS) is 15.8. The Morgan fingerprint density at radius 2 is 1.17 bits per heavy atom. The molecule has 2 atom stereocenters. The summed E-state index contributed by atoms with van der Waals surface area (Å²) in [6.07, 6.45) is 19.1. The lowest BCUT2D eigenvalue weighted by Gasteiger charge is -2.34. The van der Waals surface area contributed by atoms with Gasteiger partial charge in [0.2, 0.25) is 23.7 Å². The van der Waals surface area contributed by atoms with Crippen LogP contribution in [-0.4, -0.2) is 115 Å². The fourth-order valence-corrected chi connectivity index (χ4v) is 9.18. The number of hydrogen-bond donors (Lipinski definition) is 6. The Bertz CT molecular complexity index is 3190. The first-order valence-corrected chi connectivity index (χ1v) is 24.5. The van der Waals surface area contributed by atoms with Gasteiger partial charge in [0.15, 0.2) is 0 Å². The first kappa shape index (κ1) is 49.1. The Morgan fingerprint density at radius 1 is 0.681 bits per heavy atom. The van der Waals surface area contributed by atoms with Crippen LogP contribution in [0, 0.1) is 0 Å². The molecule has 2 aliphatic rings. The maximum atomic E-state index is 12.1. The van der Waals surface area contributed by atoms with Crippen molar-refractivity contribution in [1.29, 1.82) is 0 Å². The summed E-state index contributed by atoms with van der Waals surface area (Å²) in [4.78, 5) is 64.1. The largest absolute Gasteiger partial charge is 0.360 e. The van der Waals surface area contributed by atoms with Gasteiger partial charge in [0, 0.05) is 96.2 Å². The molecule has 8 heterocycles. The minimum absolute atomic E-state index is 0.156. The molecule has 2 saturated heterocycles. The Kier molecular flexibility index (Phi) is 15.6. The number of rotatable bonds is 14. The summed E-state index contributed by atoms with van der Waals surface area (Å²) in [7, 11) is 3.91. The molecule has 368 valence electrons. The number of nitrogens with zero attached hydrogens (tertiary/aromatic N) is 9. The van der Waals surface area contributed by atoms with Gasteiger partial charge in [0.05, 0.1) is 57.6 Å². The number of carbonyl (C=O) groups excluding carboxylic acids is 2. The van der Waals surface area contributed by atoms with Crippen LogP contribution in [-0.2, 0) is 9.59 Å². The van der Waals surface area contributed by atoms with E-state index in [2.05, 4.69) is 73.6 Å². The number of nitrogens with one attached hydrogen (secondary N) is 6. The van der Waals surface area contributed by atoms with Gasteiger partial charge >= 0.3 is 0 Å². The molecule has 0 aliphatic carbocycles. The number of halogens is 2. The highest BCUT2D eigenvalue weighted by atomic mass is 35.5. The van der Waals surface area contributed by atoms with Crippen molar-refractivity contribution in [3.05, 3.63) is 145 Å². The number of likely N-dealkylation sites (N-methyl/N-ethyl adjacent to an activating group) is 1. The van der Waals surface area contributed by atoms with E-state index in [-0.39, 0.29) is 23.9 Å². The van der Waals surface area contributed by atoms with E-state index in [9.17, 15) is 9.59 Å². The summed E-state index contributed by atoms with van der Waals surface area (Å²) in [5.41, 5.74) is 6.67. The number of hydrogen-bond acceptors (Lipinski definition) is 13. The molecule has 2 aromatic carbocycles. The molecule has 6 N–H and O–H groups in total. The Hall–Kier alpha value is -7.86. The van der Waals surface area contributed by atoms with Gasteiger partial charge in [-0.25, -0.2) is 29.9 Å². The molecule has 6 aromatic heterocycles. The first-order valence-electron chi connectivity index (χ1n) is 23.8. The number of benzene rings is 2. The number of H-pyrrole nitrogens is 2. The van der Waals surface area contributed by atoms with Gasteiger partial charge in [-0.3, -0.25) is 9.59 Å². The molecule has 0 unspecified atom stereocenters. The number of fused-ring (bicyclic) bond motifs is 2. The molecular formula is C53H55Cl2N15O2. The number of para-hydroxylation sites is 2. The zero-order valence-electron chi connectivity index (χ0n) is 39.9. The molecular weight excluding hydrogens is 950 g/mol. The lowest BCUT2D eigenvalue weighted by Crippen LogP contribution is -2.42. The van der Waals surface area contributed by atoms with E-state index < -0.39 is 0 Å². The summed E-state index contributed by atoms with van der Waals surface area (Å²) in [5.74, 6) is 2.40. The highest BCUT2D eigenvalue weighted by molar-refractivity contribution is 6.33. The second-order valence-electron chi connectivity index (χ2n) is 17.8. The van der Waals surface area contributed by atoms with Crippen molar-refractivity contribution in [3.8, 4) is 22.5 Å². The van der Waals surface area contributed by atoms with Crippen LogP contribution in [0.2, 0.25) is 10.0 Å². The van der Waals surface area contributed by atoms with E-state index in [1.807, 2.05) is 104 Å². The summed E-state index contributed by atoms with van der Waals surface area (Å²) in [6, 6.07) is 24.0. The summed E-state index contributed by atoms with van der Waals surface area (Å²) in [6.45, 7) is 7.52. The van der Waals surface area contributed by atoms with E-state index in [0.29, 0.717) is 51.2 Å². The Morgan fingerprint density at radius 3 is 1.62 bits per heavy atom. The standard InChI is InChI=1S/C28H31ClN8O.C25H24ClN7O/c1-36(2)13-6-10-26(38)33-19-11-12-25(31-15-19)37-14-5-7-20(18-37)34-28-32-17-23(29)27(35-28)22-16-30-24-9-4-3-8-21(22)24;1-2-23(34)30-16-9-10-22(28-12-16)33-11-5-6-17(15-33)31-25-29-14-20(26)24(32-25)19-13-27-21-8-4-3-7-18(19)21/h3-4,6,8-12,15-17,20,30H,5,7,13-14,18H2,1-2H3,(H,33,38)(H,32,34,35);2-4,7-10,12-14,17,27H,1,5-6,11,15H2,(H,30,34)(H,29,31,32)/b10-6+;/t20-;17-/m11/s1. The number of aromatic amines is 2. The summed E-state index contributed by atoms with van der Waals surface area (Å²) >= 11 is 13.0. The van der Waals surface area contributed by atoms with E-state index in [1.54, 1.807) is 24.8 Å². The SMILES string of the molecule is C=CC(=O)Nc1ccc(N2CCC[C@@H](Nc3ncc(Cl)c(-c4c[nH]c5ccccc45)n3)C2)nc1.CN(C)C/C=C/C(=O)Nc1ccc(N2CCC[C@@H](Nc3ncc(Cl)c(-c4c[nH]c5ccccc45)n3)C2)nc1. The van der Waals surface area contributed by atoms with E-state index in [4.69, 9.17) is 33.2 Å². The molecule has 10 rings (SSSR count). The van der Waals surface area contributed by atoms with Gasteiger partial charge in [-0.2, -0.15) is 0 Å². The lowest BCUT2D eigenvalue weighted by molar-refractivity contribution is -0.112. The van der Waals surface area contributed by atoms with Crippen LogP contribution in [0.1, 0.15) is 25.7 Å². The second-order valence-corrected chi connectivity index (χ2v) is 18.6. The minimum Gasteiger partial charge on any atom is -0.360 e. The molecule has 19 heteroatoms. The summed E-state index contributed by atoms with van der Waals surface area (Å²) in [5, 5.41) is 15.7. The van der Waals surface area contributed by atoms with E-state index in [0.717, 1.165) is 96.4 Å². The number of pyridine rings is 2. The van der Waals surface area contributed by atoms with Crippen LogP contribution < -0.4 is 31.1 Å². The quantitative estimate of drug-likeness (QED) is 0.0563. The predicted molar refractivity (Wildman–Crippen MR) is 290 cm³/mol. The Balaban J connectivity index is 0.000000179. The number of carbonyl (C=O) groups is 2. The lowest BCUT2D eigenvalue weighted by atomic mass is 10.1. The average Bonchev–Trinajstić information content (AvgIpc) is 4.03. The maximum Gasteiger partial charge on any atom is 0.248 e. The van der Waals surface area contributed by atoms with Crippen LogP contribution in [0.4, 0.5) is 34.9 Å². The van der Waals surface area contributed by atoms with Crippen molar-refractivity contribution in [2.24, 2.45) is 0 Å². The zero-order chi connectivity index (χ0) is 50.0. The minimum atomic E-state index is -0.258. The predicted octanol–water partition coefficient (Wildman–Crippen LogP) is 9.69.